The first-order valence-electron chi connectivity index (χ1n) is 10.8. The van der Waals surface area contributed by atoms with E-state index in [1.807, 2.05) is 0 Å². The van der Waals surface area contributed by atoms with Crippen molar-refractivity contribution in [1.29, 1.82) is 0 Å². The molecule has 0 amide bonds. The summed E-state index contributed by atoms with van der Waals surface area (Å²) in [5.74, 6) is 0. The molecule has 0 saturated heterocycles. The quantitative estimate of drug-likeness (QED) is 0.226. The van der Waals surface area contributed by atoms with Gasteiger partial charge in [-0.15, -0.1) is 0 Å². The lowest BCUT2D eigenvalue weighted by molar-refractivity contribution is 1.68. The largest absolute Gasteiger partial charge is 0.139 e. The van der Waals surface area contributed by atoms with Gasteiger partial charge in [0.2, 0.25) is 0 Å². The molecule has 0 bridgehead atoms. The standard InChI is InChI=1S/C30H21B/c31-24-17-15-21(16-18-24)29-25-9-3-5-11-27(25)30(28-12-6-4-10-26(28)29)23-14-13-20-7-1-2-8-22(20)19-23/h1-19H,31H2. The average Bonchev–Trinajstić information content (AvgIpc) is 2.83. The first-order valence-corrected chi connectivity index (χ1v) is 10.8. The van der Waals surface area contributed by atoms with Gasteiger partial charge in [-0.05, 0) is 60.6 Å². The number of hydrogen-bond donors (Lipinski definition) is 0. The number of benzene rings is 6. The fraction of sp³-hybridized carbons (Fsp3) is 0. The zero-order chi connectivity index (χ0) is 20.8. The van der Waals surface area contributed by atoms with Crippen molar-refractivity contribution in [2.24, 2.45) is 0 Å². The van der Waals surface area contributed by atoms with Crippen molar-refractivity contribution in [2.45, 2.75) is 0 Å². The summed E-state index contributed by atoms with van der Waals surface area (Å²) < 4.78 is 0. The lowest BCUT2D eigenvalue weighted by Crippen LogP contribution is -1.99. The van der Waals surface area contributed by atoms with Gasteiger partial charge in [-0.1, -0.05) is 115 Å². The van der Waals surface area contributed by atoms with E-state index in [0.29, 0.717) is 0 Å². The van der Waals surface area contributed by atoms with Crippen molar-refractivity contribution >= 4 is 45.6 Å². The average molecular weight is 392 g/mol. The Morgan fingerprint density at radius 3 is 1.42 bits per heavy atom. The highest BCUT2D eigenvalue weighted by atomic mass is 14.2. The van der Waals surface area contributed by atoms with Crippen LogP contribution in [0.5, 0.6) is 0 Å². The van der Waals surface area contributed by atoms with E-state index < -0.39 is 0 Å². The van der Waals surface area contributed by atoms with Gasteiger partial charge < -0.3 is 0 Å². The van der Waals surface area contributed by atoms with E-state index in [-0.39, 0.29) is 0 Å². The van der Waals surface area contributed by atoms with E-state index in [9.17, 15) is 0 Å². The molecular formula is C30H21B. The van der Waals surface area contributed by atoms with Crippen LogP contribution in [0, 0.1) is 0 Å². The van der Waals surface area contributed by atoms with Gasteiger partial charge in [0, 0.05) is 0 Å². The zero-order valence-corrected chi connectivity index (χ0v) is 17.5. The van der Waals surface area contributed by atoms with Gasteiger partial charge >= 0.3 is 0 Å². The Morgan fingerprint density at radius 2 is 0.839 bits per heavy atom. The van der Waals surface area contributed by atoms with Crippen LogP contribution in [0.4, 0.5) is 0 Å². The Morgan fingerprint density at radius 1 is 0.387 bits per heavy atom. The van der Waals surface area contributed by atoms with Crippen molar-refractivity contribution in [2.75, 3.05) is 0 Å². The van der Waals surface area contributed by atoms with Gasteiger partial charge in [-0.3, -0.25) is 0 Å². The lowest BCUT2D eigenvalue weighted by Gasteiger charge is -2.18. The molecule has 0 aliphatic rings. The van der Waals surface area contributed by atoms with E-state index in [4.69, 9.17) is 0 Å². The third kappa shape index (κ3) is 2.93. The van der Waals surface area contributed by atoms with Crippen LogP contribution in [0.1, 0.15) is 0 Å². The fourth-order valence-corrected chi connectivity index (χ4v) is 4.82. The highest BCUT2D eigenvalue weighted by Gasteiger charge is 2.16. The summed E-state index contributed by atoms with van der Waals surface area (Å²) in [6, 6.07) is 42.0. The first-order chi connectivity index (χ1) is 15.3. The van der Waals surface area contributed by atoms with Crippen LogP contribution in [-0.2, 0) is 0 Å². The minimum Gasteiger partial charge on any atom is -0.0889 e. The van der Waals surface area contributed by atoms with Crippen LogP contribution in [-0.4, -0.2) is 7.85 Å². The summed E-state index contributed by atoms with van der Waals surface area (Å²) in [4.78, 5) is 0. The number of hydrogen-bond acceptors (Lipinski definition) is 0. The van der Waals surface area contributed by atoms with Gasteiger partial charge in [-0.2, -0.15) is 0 Å². The van der Waals surface area contributed by atoms with E-state index >= 15 is 0 Å². The smallest absolute Gasteiger partial charge is 0.0889 e. The molecule has 0 N–H and O–H groups in total. The summed E-state index contributed by atoms with van der Waals surface area (Å²) in [5.41, 5.74) is 6.44. The maximum atomic E-state index is 2.33. The molecule has 1 heteroatoms. The zero-order valence-electron chi connectivity index (χ0n) is 17.5. The van der Waals surface area contributed by atoms with Crippen molar-refractivity contribution < 1.29 is 0 Å². The second kappa shape index (κ2) is 7.14. The Balaban J connectivity index is 1.76. The molecule has 0 aliphatic carbocycles. The Bertz CT molecular complexity index is 1520. The minimum atomic E-state index is 1.27. The topological polar surface area (TPSA) is 0 Å². The van der Waals surface area contributed by atoms with E-state index in [1.165, 1.54) is 60.0 Å². The molecule has 6 aromatic rings. The molecule has 0 nitrogen and oxygen atoms in total. The molecule has 0 spiro atoms. The summed E-state index contributed by atoms with van der Waals surface area (Å²) in [7, 11) is 2.14. The molecule has 0 unspecified atom stereocenters. The highest BCUT2D eigenvalue weighted by Crippen LogP contribution is 2.43. The molecule has 0 saturated carbocycles. The van der Waals surface area contributed by atoms with Gasteiger partial charge in [0.1, 0.15) is 7.85 Å². The van der Waals surface area contributed by atoms with Crippen LogP contribution in [0.3, 0.4) is 0 Å². The lowest BCUT2D eigenvalue weighted by atomic mass is 9.85. The van der Waals surface area contributed by atoms with E-state index in [0.717, 1.165) is 0 Å². The molecule has 144 valence electrons. The molecule has 0 fully saturated rings. The normalized spacial score (nSPS) is 11.4. The summed E-state index contributed by atoms with van der Waals surface area (Å²) in [5, 5.41) is 7.74. The molecule has 0 aromatic heterocycles. The molecule has 0 radical (unpaired) electrons. The Labute approximate surface area is 183 Å². The van der Waals surface area contributed by atoms with Crippen LogP contribution < -0.4 is 5.46 Å². The van der Waals surface area contributed by atoms with E-state index in [1.54, 1.807) is 0 Å². The monoisotopic (exact) mass is 392 g/mol. The maximum Gasteiger partial charge on any atom is 0.139 e. The maximum absolute atomic E-state index is 2.33. The van der Waals surface area contributed by atoms with Gasteiger partial charge in [-0.25, -0.2) is 0 Å². The summed E-state index contributed by atoms with van der Waals surface area (Å²) >= 11 is 0. The molecule has 0 heterocycles. The number of rotatable bonds is 2. The fourth-order valence-electron chi connectivity index (χ4n) is 4.82. The van der Waals surface area contributed by atoms with Crippen LogP contribution in [0.15, 0.2) is 115 Å². The Hall–Kier alpha value is -3.84. The van der Waals surface area contributed by atoms with Crippen LogP contribution in [0.25, 0.3) is 54.6 Å². The molecule has 6 rings (SSSR count). The highest BCUT2D eigenvalue weighted by molar-refractivity contribution is 6.32. The van der Waals surface area contributed by atoms with Gasteiger partial charge in [0.05, 0.1) is 0 Å². The van der Waals surface area contributed by atoms with E-state index in [2.05, 4.69) is 123 Å². The summed E-state index contributed by atoms with van der Waals surface area (Å²) in [6.45, 7) is 0. The minimum absolute atomic E-state index is 1.27. The molecule has 6 aromatic carbocycles. The molecule has 0 atom stereocenters. The number of fused-ring (bicyclic) bond motifs is 3. The second-order valence-electron chi connectivity index (χ2n) is 8.27. The van der Waals surface area contributed by atoms with Crippen molar-refractivity contribution in [1.82, 2.24) is 0 Å². The molecular weight excluding hydrogens is 371 g/mol. The van der Waals surface area contributed by atoms with Crippen LogP contribution in [0.2, 0.25) is 0 Å². The van der Waals surface area contributed by atoms with Crippen molar-refractivity contribution in [3.8, 4) is 22.3 Å². The molecule has 31 heavy (non-hydrogen) atoms. The predicted molar refractivity (Wildman–Crippen MR) is 138 cm³/mol. The van der Waals surface area contributed by atoms with Crippen LogP contribution >= 0.6 is 0 Å². The van der Waals surface area contributed by atoms with Crippen molar-refractivity contribution in [3.05, 3.63) is 115 Å². The molecule has 0 aliphatic heterocycles. The predicted octanol–water partition coefficient (Wildman–Crippen LogP) is 6.74. The third-order valence-electron chi connectivity index (χ3n) is 6.31. The van der Waals surface area contributed by atoms with Crippen molar-refractivity contribution in [3.63, 3.8) is 0 Å². The Kier molecular flexibility index (Phi) is 4.14. The van der Waals surface area contributed by atoms with Gasteiger partial charge in [0.25, 0.3) is 0 Å². The first kappa shape index (κ1) is 18.0. The third-order valence-corrected chi connectivity index (χ3v) is 6.31. The summed E-state index contributed by atoms with van der Waals surface area (Å²) in [6.07, 6.45) is 0. The van der Waals surface area contributed by atoms with Gasteiger partial charge in [0.15, 0.2) is 0 Å². The second-order valence-corrected chi connectivity index (χ2v) is 8.27. The SMILES string of the molecule is Bc1ccc(-c2c3ccccc3c(-c3ccc4ccccc4c3)c3ccccc23)cc1.